The molecule has 4 heteroatoms. The van der Waals surface area contributed by atoms with Gasteiger partial charge in [0, 0.05) is 18.8 Å². The van der Waals surface area contributed by atoms with Crippen molar-refractivity contribution in [3.63, 3.8) is 0 Å². The molecule has 0 spiro atoms. The van der Waals surface area contributed by atoms with Crippen LogP contribution in [-0.4, -0.2) is 18.4 Å². The maximum atomic E-state index is 10.6. The summed E-state index contributed by atoms with van der Waals surface area (Å²) in [5.74, 6) is 0. The molecule has 0 amide bonds. The maximum absolute atomic E-state index is 10.6. The molecule has 1 N–H and O–H groups in total. The van der Waals surface area contributed by atoms with E-state index < -0.39 is 14.4 Å². The number of benzene rings is 1. The van der Waals surface area contributed by atoms with E-state index in [0.29, 0.717) is 6.42 Å². The molecular weight excluding hydrogens is 338 g/mol. The Bertz CT molecular complexity index is 708. The molecule has 2 rings (SSSR count). The van der Waals surface area contributed by atoms with Crippen LogP contribution in [0.3, 0.4) is 0 Å². The number of rotatable bonds is 7. The van der Waals surface area contributed by atoms with E-state index in [1.807, 2.05) is 30.3 Å². The number of aliphatic hydroxyl groups is 1. The molecular formula is C22H31NO2Si. The summed E-state index contributed by atoms with van der Waals surface area (Å²) < 4.78 is 6.70. The molecule has 0 unspecified atom stereocenters. The van der Waals surface area contributed by atoms with E-state index >= 15 is 0 Å². The smallest absolute Gasteiger partial charge is 0.193 e. The Morgan fingerprint density at radius 1 is 1.12 bits per heavy atom. The number of hydrogen-bond acceptors (Lipinski definition) is 3. The lowest BCUT2D eigenvalue weighted by Crippen LogP contribution is -2.42. The van der Waals surface area contributed by atoms with Gasteiger partial charge in [0.15, 0.2) is 8.32 Å². The van der Waals surface area contributed by atoms with Gasteiger partial charge in [-0.3, -0.25) is 4.98 Å². The predicted octanol–water partition coefficient (Wildman–Crippen LogP) is 5.82. The molecule has 0 saturated heterocycles. The molecule has 0 saturated carbocycles. The normalized spacial score (nSPS) is 14.7. The minimum atomic E-state index is -2.00. The van der Waals surface area contributed by atoms with Crippen LogP contribution in [0.4, 0.5) is 0 Å². The number of pyridine rings is 1. The molecule has 1 aromatic heterocycles. The lowest BCUT2D eigenvalue weighted by atomic mass is 9.96. The largest absolute Gasteiger partial charge is 0.406 e. The minimum absolute atomic E-state index is 0.0995. The van der Waals surface area contributed by atoms with E-state index in [2.05, 4.69) is 57.6 Å². The Morgan fingerprint density at radius 2 is 1.73 bits per heavy atom. The van der Waals surface area contributed by atoms with Crippen LogP contribution in [0.25, 0.3) is 0 Å². The van der Waals surface area contributed by atoms with E-state index in [0.717, 1.165) is 16.7 Å². The summed E-state index contributed by atoms with van der Waals surface area (Å²) in [6.45, 7) is 15.5. The second kappa shape index (κ2) is 8.29. The molecule has 0 aliphatic rings. The van der Waals surface area contributed by atoms with Gasteiger partial charge in [-0.1, -0.05) is 63.7 Å². The van der Waals surface area contributed by atoms with Crippen LogP contribution in [-0.2, 0) is 4.43 Å². The van der Waals surface area contributed by atoms with Gasteiger partial charge in [-0.25, -0.2) is 0 Å². The van der Waals surface area contributed by atoms with Gasteiger partial charge in [-0.05, 0) is 40.9 Å². The third-order valence-corrected chi connectivity index (χ3v) is 9.65. The predicted molar refractivity (Wildman–Crippen MR) is 110 cm³/mol. The average Bonchev–Trinajstić information content (AvgIpc) is 2.60. The van der Waals surface area contributed by atoms with Gasteiger partial charge < -0.3 is 9.53 Å². The van der Waals surface area contributed by atoms with E-state index in [4.69, 9.17) is 4.43 Å². The number of nitrogens with zero attached hydrogens (tertiary/aromatic N) is 1. The highest BCUT2D eigenvalue weighted by atomic mass is 28.4. The van der Waals surface area contributed by atoms with Crippen molar-refractivity contribution in [1.82, 2.24) is 4.98 Å². The maximum Gasteiger partial charge on any atom is 0.193 e. The SMILES string of the molecule is C=C(C[C@H](O)c1cccnc1)[C@H](O[Si](C)(C)C(C)(C)C)c1ccccc1. The summed E-state index contributed by atoms with van der Waals surface area (Å²) in [7, 11) is -2.00. The summed E-state index contributed by atoms with van der Waals surface area (Å²) in [5, 5.41) is 10.7. The molecule has 1 aromatic carbocycles. The summed E-state index contributed by atoms with van der Waals surface area (Å²) in [5.41, 5.74) is 2.77. The number of hydrogen-bond donors (Lipinski definition) is 1. The van der Waals surface area contributed by atoms with Crippen LogP contribution < -0.4 is 0 Å². The topological polar surface area (TPSA) is 42.4 Å². The monoisotopic (exact) mass is 369 g/mol. The zero-order chi connectivity index (χ0) is 19.4. The Kier molecular flexibility index (Phi) is 6.56. The first-order valence-corrected chi connectivity index (χ1v) is 12.0. The molecule has 0 fully saturated rings. The van der Waals surface area contributed by atoms with Crippen molar-refractivity contribution in [2.45, 2.75) is 57.5 Å². The third-order valence-electron chi connectivity index (χ3n) is 5.22. The number of aliphatic hydroxyl groups excluding tert-OH is 1. The molecule has 2 aromatic rings. The van der Waals surface area contributed by atoms with Gasteiger partial charge in [0.1, 0.15) is 0 Å². The highest BCUT2D eigenvalue weighted by Gasteiger charge is 2.40. The van der Waals surface area contributed by atoms with Crippen LogP contribution in [0, 0.1) is 0 Å². The van der Waals surface area contributed by atoms with Gasteiger partial charge in [-0.2, -0.15) is 0 Å². The van der Waals surface area contributed by atoms with Gasteiger partial charge in [0.05, 0.1) is 12.2 Å². The second-order valence-corrected chi connectivity index (χ2v) is 13.1. The summed E-state index contributed by atoms with van der Waals surface area (Å²) in [6.07, 6.45) is 3.00. The van der Waals surface area contributed by atoms with Crippen molar-refractivity contribution in [2.24, 2.45) is 0 Å². The van der Waals surface area contributed by atoms with Gasteiger partial charge in [0.2, 0.25) is 0 Å². The molecule has 1 heterocycles. The molecule has 140 valence electrons. The molecule has 2 atom stereocenters. The van der Waals surface area contributed by atoms with Crippen molar-refractivity contribution in [2.75, 3.05) is 0 Å². The van der Waals surface area contributed by atoms with Crippen molar-refractivity contribution in [3.8, 4) is 0 Å². The van der Waals surface area contributed by atoms with Crippen LogP contribution in [0.15, 0.2) is 67.0 Å². The lowest BCUT2D eigenvalue weighted by Gasteiger charge is -2.40. The Hall–Kier alpha value is -1.75. The molecule has 3 nitrogen and oxygen atoms in total. The van der Waals surface area contributed by atoms with Crippen molar-refractivity contribution >= 4 is 8.32 Å². The molecule has 26 heavy (non-hydrogen) atoms. The second-order valence-electron chi connectivity index (χ2n) is 8.33. The zero-order valence-corrected chi connectivity index (χ0v) is 17.6. The lowest BCUT2D eigenvalue weighted by molar-refractivity contribution is 0.156. The molecule has 0 radical (unpaired) electrons. The minimum Gasteiger partial charge on any atom is -0.406 e. The van der Waals surface area contributed by atoms with Crippen LogP contribution >= 0.6 is 0 Å². The third kappa shape index (κ3) is 5.13. The first-order chi connectivity index (χ1) is 12.1. The van der Waals surface area contributed by atoms with E-state index in [-0.39, 0.29) is 11.1 Å². The summed E-state index contributed by atoms with van der Waals surface area (Å²) in [6, 6.07) is 13.9. The summed E-state index contributed by atoms with van der Waals surface area (Å²) >= 11 is 0. The molecule has 0 aliphatic heterocycles. The first-order valence-electron chi connectivity index (χ1n) is 9.10. The van der Waals surface area contributed by atoms with Crippen LogP contribution in [0.2, 0.25) is 18.1 Å². The fourth-order valence-corrected chi connectivity index (χ4v) is 3.78. The Morgan fingerprint density at radius 3 is 2.27 bits per heavy atom. The Balaban J connectivity index is 2.25. The Labute approximate surface area is 158 Å². The van der Waals surface area contributed by atoms with Crippen molar-refractivity contribution in [1.29, 1.82) is 0 Å². The van der Waals surface area contributed by atoms with Gasteiger partial charge in [0.25, 0.3) is 0 Å². The number of aromatic nitrogens is 1. The van der Waals surface area contributed by atoms with E-state index in [1.165, 1.54) is 0 Å². The van der Waals surface area contributed by atoms with Crippen LogP contribution in [0.1, 0.15) is 50.5 Å². The fraction of sp³-hybridized carbons (Fsp3) is 0.409. The first kappa shape index (κ1) is 20.6. The van der Waals surface area contributed by atoms with Gasteiger partial charge >= 0.3 is 0 Å². The zero-order valence-electron chi connectivity index (χ0n) is 16.6. The van der Waals surface area contributed by atoms with Gasteiger partial charge in [-0.15, -0.1) is 0 Å². The fourth-order valence-electron chi connectivity index (χ4n) is 2.53. The standard InChI is InChI=1S/C22H31NO2Si/c1-17(15-20(24)19-13-10-14-23-16-19)21(18-11-8-7-9-12-18)25-26(5,6)22(2,3)4/h7-14,16,20-21,24H,1,15H2,2-6H3/t20-,21-/m0/s1. The van der Waals surface area contributed by atoms with Crippen LogP contribution in [0.5, 0.6) is 0 Å². The molecule has 0 aliphatic carbocycles. The highest BCUT2D eigenvalue weighted by molar-refractivity contribution is 6.74. The van der Waals surface area contributed by atoms with Crippen molar-refractivity contribution in [3.05, 3.63) is 78.1 Å². The highest BCUT2D eigenvalue weighted by Crippen LogP contribution is 2.42. The van der Waals surface area contributed by atoms with E-state index in [1.54, 1.807) is 12.4 Å². The quantitative estimate of drug-likeness (QED) is 0.493. The van der Waals surface area contributed by atoms with Crippen molar-refractivity contribution < 1.29 is 9.53 Å². The summed E-state index contributed by atoms with van der Waals surface area (Å²) in [4.78, 5) is 4.09. The average molecular weight is 370 g/mol. The molecule has 0 bridgehead atoms. The van der Waals surface area contributed by atoms with E-state index in [9.17, 15) is 5.11 Å².